The molecule has 0 aliphatic carbocycles. The minimum atomic E-state index is -0.297. The zero-order chi connectivity index (χ0) is 21.5. The third-order valence-electron chi connectivity index (χ3n) is 5.10. The Bertz CT molecular complexity index is 1070. The molecule has 0 atom stereocenters. The number of aryl methyl sites for hydroxylation is 1. The second-order valence-electron chi connectivity index (χ2n) is 7.36. The maximum Gasteiger partial charge on any atom is 0.250 e. The molecule has 0 aliphatic rings. The number of nitrogens with zero attached hydrogens (tertiary/aromatic N) is 2. The van der Waals surface area contributed by atoms with E-state index in [0.29, 0.717) is 0 Å². The molecule has 0 unspecified atom stereocenters. The van der Waals surface area contributed by atoms with Gasteiger partial charge in [0.25, 0.3) is 0 Å². The van der Waals surface area contributed by atoms with Crippen LogP contribution in [0.15, 0.2) is 97.3 Å². The van der Waals surface area contributed by atoms with E-state index in [1.807, 2.05) is 98.0 Å². The maximum atomic E-state index is 12.5. The topological polar surface area (TPSA) is 56.2 Å². The summed E-state index contributed by atoms with van der Waals surface area (Å²) in [5.74, 6) is 0.788. The fourth-order valence-electron chi connectivity index (χ4n) is 3.46. The SMILES string of the molecule is Cc1nccn1Cc1ccc(NC(=O)COC(c2ccccc2)c2ccccc2)cc1. The van der Waals surface area contributed by atoms with E-state index in [-0.39, 0.29) is 18.6 Å². The van der Waals surface area contributed by atoms with Gasteiger partial charge in [-0.15, -0.1) is 0 Å². The molecule has 0 radical (unpaired) electrons. The Morgan fingerprint density at radius 3 is 2.10 bits per heavy atom. The molecule has 156 valence electrons. The van der Waals surface area contributed by atoms with Gasteiger partial charge in [-0.1, -0.05) is 72.8 Å². The highest BCUT2D eigenvalue weighted by atomic mass is 16.5. The first-order chi connectivity index (χ1) is 15.2. The van der Waals surface area contributed by atoms with Gasteiger partial charge < -0.3 is 14.6 Å². The maximum absolute atomic E-state index is 12.5. The average molecular weight is 412 g/mol. The lowest BCUT2D eigenvalue weighted by Crippen LogP contribution is -2.20. The summed E-state index contributed by atoms with van der Waals surface area (Å²) in [7, 11) is 0. The molecule has 1 amide bonds. The number of benzene rings is 3. The Morgan fingerprint density at radius 2 is 1.55 bits per heavy atom. The van der Waals surface area contributed by atoms with E-state index in [1.54, 1.807) is 6.20 Å². The number of rotatable bonds is 8. The van der Waals surface area contributed by atoms with E-state index in [9.17, 15) is 4.79 Å². The molecule has 4 aromatic rings. The first-order valence-corrected chi connectivity index (χ1v) is 10.3. The lowest BCUT2D eigenvalue weighted by molar-refractivity contribution is -0.121. The van der Waals surface area contributed by atoms with E-state index in [2.05, 4.69) is 14.9 Å². The lowest BCUT2D eigenvalue weighted by atomic mass is 10.0. The largest absolute Gasteiger partial charge is 0.359 e. The number of amides is 1. The first-order valence-electron chi connectivity index (χ1n) is 10.3. The minimum absolute atomic E-state index is 0.0373. The molecule has 0 saturated heterocycles. The fraction of sp³-hybridized carbons (Fsp3) is 0.154. The van der Waals surface area contributed by atoms with Crippen molar-refractivity contribution < 1.29 is 9.53 Å². The van der Waals surface area contributed by atoms with E-state index in [1.165, 1.54) is 0 Å². The second-order valence-corrected chi connectivity index (χ2v) is 7.36. The molecular formula is C26H25N3O2. The van der Waals surface area contributed by atoms with Crippen molar-refractivity contribution in [1.29, 1.82) is 0 Å². The van der Waals surface area contributed by atoms with Gasteiger partial charge in [-0.25, -0.2) is 4.98 Å². The molecule has 3 aromatic carbocycles. The highest BCUT2D eigenvalue weighted by Gasteiger charge is 2.16. The molecule has 5 heteroatoms. The van der Waals surface area contributed by atoms with Crippen molar-refractivity contribution in [2.24, 2.45) is 0 Å². The van der Waals surface area contributed by atoms with Crippen LogP contribution in [-0.4, -0.2) is 22.1 Å². The summed E-state index contributed by atoms with van der Waals surface area (Å²) >= 11 is 0. The molecule has 0 bridgehead atoms. The van der Waals surface area contributed by atoms with Gasteiger partial charge in [-0.05, 0) is 35.7 Å². The van der Waals surface area contributed by atoms with Crippen molar-refractivity contribution >= 4 is 11.6 Å². The highest BCUT2D eigenvalue weighted by molar-refractivity contribution is 5.91. The number of nitrogens with one attached hydrogen (secondary N) is 1. The zero-order valence-electron chi connectivity index (χ0n) is 17.4. The standard InChI is InChI=1S/C26H25N3O2/c1-20-27-16-17-29(20)18-21-12-14-24(15-13-21)28-25(30)19-31-26(22-8-4-2-5-9-22)23-10-6-3-7-11-23/h2-17,26H,18-19H2,1H3,(H,28,30). The molecule has 4 rings (SSSR count). The van der Waals surface area contributed by atoms with Crippen LogP contribution in [0, 0.1) is 6.92 Å². The summed E-state index contributed by atoms with van der Waals surface area (Å²) in [6.45, 7) is 2.69. The Morgan fingerprint density at radius 1 is 0.935 bits per heavy atom. The van der Waals surface area contributed by atoms with Crippen LogP contribution in [0.5, 0.6) is 0 Å². The third-order valence-corrected chi connectivity index (χ3v) is 5.10. The van der Waals surface area contributed by atoms with Gasteiger partial charge in [0.15, 0.2) is 0 Å². The number of hydrogen-bond donors (Lipinski definition) is 1. The van der Waals surface area contributed by atoms with E-state index in [0.717, 1.165) is 34.7 Å². The van der Waals surface area contributed by atoms with Crippen LogP contribution in [0.3, 0.4) is 0 Å². The fourth-order valence-corrected chi connectivity index (χ4v) is 3.46. The van der Waals surface area contributed by atoms with Crippen molar-refractivity contribution in [3.63, 3.8) is 0 Å². The summed E-state index contributed by atoms with van der Waals surface area (Å²) in [6.07, 6.45) is 3.45. The Balaban J connectivity index is 1.37. The lowest BCUT2D eigenvalue weighted by Gasteiger charge is -2.19. The van der Waals surface area contributed by atoms with Gasteiger partial charge >= 0.3 is 0 Å². The normalized spacial score (nSPS) is 10.9. The predicted octanol–water partition coefficient (Wildman–Crippen LogP) is 4.98. The van der Waals surface area contributed by atoms with Gasteiger partial charge in [0.05, 0.1) is 0 Å². The van der Waals surface area contributed by atoms with Crippen LogP contribution < -0.4 is 5.32 Å². The van der Waals surface area contributed by atoms with Crippen molar-refractivity contribution in [3.8, 4) is 0 Å². The molecule has 0 saturated carbocycles. The molecule has 0 spiro atoms. The third kappa shape index (κ3) is 5.47. The van der Waals surface area contributed by atoms with Crippen LogP contribution >= 0.6 is 0 Å². The van der Waals surface area contributed by atoms with E-state index in [4.69, 9.17) is 4.74 Å². The van der Waals surface area contributed by atoms with Crippen molar-refractivity contribution in [1.82, 2.24) is 9.55 Å². The van der Waals surface area contributed by atoms with E-state index >= 15 is 0 Å². The number of carbonyl (C=O) groups is 1. The highest BCUT2D eigenvalue weighted by Crippen LogP contribution is 2.25. The number of carbonyl (C=O) groups excluding carboxylic acids is 1. The van der Waals surface area contributed by atoms with Crippen molar-refractivity contribution in [2.75, 3.05) is 11.9 Å². The number of hydrogen-bond acceptors (Lipinski definition) is 3. The number of aromatic nitrogens is 2. The van der Waals surface area contributed by atoms with Gasteiger partial charge in [0.1, 0.15) is 18.5 Å². The summed E-state index contributed by atoms with van der Waals surface area (Å²) in [6, 6.07) is 27.7. The quantitative estimate of drug-likeness (QED) is 0.445. The molecular weight excluding hydrogens is 386 g/mol. The predicted molar refractivity (Wildman–Crippen MR) is 122 cm³/mol. The van der Waals surface area contributed by atoms with Crippen LogP contribution in [0.25, 0.3) is 0 Å². The molecule has 0 fully saturated rings. The number of anilines is 1. The minimum Gasteiger partial charge on any atom is -0.359 e. The molecule has 1 aromatic heterocycles. The molecule has 1 N–H and O–H groups in total. The van der Waals surface area contributed by atoms with Crippen LogP contribution in [0.4, 0.5) is 5.69 Å². The number of ether oxygens (including phenoxy) is 1. The first kappa shape index (κ1) is 20.6. The van der Waals surface area contributed by atoms with Crippen molar-refractivity contribution in [2.45, 2.75) is 19.6 Å². The van der Waals surface area contributed by atoms with Gasteiger partial charge in [-0.2, -0.15) is 0 Å². The Kier molecular flexibility index (Phi) is 6.55. The summed E-state index contributed by atoms with van der Waals surface area (Å²) in [4.78, 5) is 16.8. The van der Waals surface area contributed by atoms with Gasteiger partial charge in [0.2, 0.25) is 5.91 Å². The molecule has 5 nitrogen and oxygen atoms in total. The van der Waals surface area contributed by atoms with E-state index < -0.39 is 0 Å². The molecule has 0 aliphatic heterocycles. The average Bonchev–Trinajstić information content (AvgIpc) is 3.21. The number of imidazole rings is 1. The Hall–Kier alpha value is -3.70. The van der Waals surface area contributed by atoms with Crippen LogP contribution in [0.1, 0.15) is 28.6 Å². The zero-order valence-corrected chi connectivity index (χ0v) is 17.4. The second kappa shape index (κ2) is 9.87. The molecule has 1 heterocycles. The van der Waals surface area contributed by atoms with Crippen molar-refractivity contribution in [3.05, 3.63) is 120 Å². The Labute approximate surface area is 182 Å². The summed E-state index contributed by atoms with van der Waals surface area (Å²) < 4.78 is 8.11. The monoisotopic (exact) mass is 411 g/mol. The van der Waals surface area contributed by atoms with Crippen LogP contribution in [-0.2, 0) is 16.1 Å². The molecule has 31 heavy (non-hydrogen) atoms. The smallest absolute Gasteiger partial charge is 0.250 e. The summed E-state index contributed by atoms with van der Waals surface area (Å²) in [5, 5.41) is 2.91. The van der Waals surface area contributed by atoms with Crippen LogP contribution in [0.2, 0.25) is 0 Å². The summed E-state index contributed by atoms with van der Waals surface area (Å²) in [5.41, 5.74) is 3.92. The van der Waals surface area contributed by atoms with Gasteiger partial charge in [0, 0.05) is 24.6 Å². The van der Waals surface area contributed by atoms with Gasteiger partial charge in [-0.3, -0.25) is 4.79 Å².